The zero-order chi connectivity index (χ0) is 15.5. The second kappa shape index (κ2) is 6.39. The van der Waals surface area contributed by atoms with E-state index >= 15 is 0 Å². The molecule has 0 aliphatic heterocycles. The quantitative estimate of drug-likeness (QED) is 0.675. The second-order valence-electron chi connectivity index (χ2n) is 8.62. The highest BCUT2D eigenvalue weighted by Gasteiger charge is 2.39. The molecule has 0 fully saturated rings. The van der Waals surface area contributed by atoms with Gasteiger partial charge in [0, 0.05) is 13.2 Å². The normalized spacial score (nSPS) is 14.8. The lowest BCUT2D eigenvalue weighted by atomic mass is 9.98. The summed E-state index contributed by atoms with van der Waals surface area (Å²) in [5.41, 5.74) is -0.126. The largest absolute Gasteiger partial charge is 0.455 e. The minimum absolute atomic E-state index is 0.0628. The van der Waals surface area contributed by atoms with Crippen LogP contribution in [-0.2, 0) is 4.12 Å². The Labute approximate surface area is 121 Å². The third kappa shape index (κ3) is 8.24. The van der Waals surface area contributed by atoms with Crippen molar-refractivity contribution in [2.45, 2.75) is 66.0 Å². The number of rotatable bonds is 8. The molecule has 0 aliphatic rings. The molecule has 0 saturated heterocycles. The Morgan fingerprint density at radius 2 is 1.00 bits per heavy atom. The highest BCUT2D eigenvalue weighted by molar-refractivity contribution is 6.85. The molecular weight excluding hydrogens is 272 g/mol. The zero-order valence-electron chi connectivity index (χ0n) is 14.1. The fraction of sp³-hybridized carbons (Fsp3) is 1.00. The molecule has 0 aliphatic carbocycles. The molecule has 5 heteroatoms. The number of aliphatic hydroxyl groups is 2. The highest BCUT2D eigenvalue weighted by atomic mass is 28.4. The molecule has 0 heterocycles. The summed E-state index contributed by atoms with van der Waals surface area (Å²) in [4.78, 5) is 0. The van der Waals surface area contributed by atoms with Crippen LogP contribution in [0.5, 0.6) is 0 Å². The van der Waals surface area contributed by atoms with E-state index in [1.54, 1.807) is 0 Å². The van der Waals surface area contributed by atoms with Gasteiger partial charge in [0.25, 0.3) is 0 Å². The minimum Gasteiger partial charge on any atom is -0.455 e. The smallest absolute Gasteiger partial charge is 0.174 e. The van der Waals surface area contributed by atoms with E-state index in [4.69, 9.17) is 4.12 Å². The Balaban J connectivity index is 4.72. The summed E-state index contributed by atoms with van der Waals surface area (Å²) in [6.45, 7) is 17.8. The molecule has 116 valence electrons. The van der Waals surface area contributed by atoms with Crippen LogP contribution in [0.25, 0.3) is 0 Å². The lowest BCUT2D eigenvalue weighted by Crippen LogP contribution is -2.49. The van der Waals surface area contributed by atoms with E-state index in [1.165, 1.54) is 0 Å². The van der Waals surface area contributed by atoms with Crippen molar-refractivity contribution in [2.75, 3.05) is 13.2 Å². The maximum Gasteiger partial charge on any atom is 0.174 e. The van der Waals surface area contributed by atoms with Crippen molar-refractivity contribution >= 4 is 16.6 Å². The third-order valence-corrected chi connectivity index (χ3v) is 11.3. The summed E-state index contributed by atoms with van der Waals surface area (Å²) < 4.78 is 6.56. The molecule has 0 aromatic rings. The monoisotopic (exact) mass is 306 g/mol. The van der Waals surface area contributed by atoms with Gasteiger partial charge < -0.3 is 14.3 Å². The first-order valence-electron chi connectivity index (χ1n) is 7.16. The molecule has 3 nitrogen and oxygen atoms in total. The number of hydrogen-bond acceptors (Lipinski definition) is 3. The molecule has 0 aromatic carbocycles. The Morgan fingerprint density at radius 1 is 0.737 bits per heavy atom. The van der Waals surface area contributed by atoms with Gasteiger partial charge in [-0.15, -0.1) is 0 Å². The number of hydrogen-bond donors (Lipinski definition) is 2. The summed E-state index contributed by atoms with van der Waals surface area (Å²) in [5, 5.41) is 18.9. The van der Waals surface area contributed by atoms with Gasteiger partial charge in [-0.2, -0.15) is 0 Å². The first kappa shape index (κ1) is 19.3. The third-order valence-electron chi connectivity index (χ3n) is 3.22. The van der Waals surface area contributed by atoms with Crippen LogP contribution in [0.4, 0.5) is 0 Å². The van der Waals surface area contributed by atoms with Crippen LogP contribution in [0.15, 0.2) is 0 Å². The molecule has 0 unspecified atom stereocenters. The average molecular weight is 307 g/mol. The summed E-state index contributed by atoms with van der Waals surface area (Å²) in [7, 11) is -3.58. The van der Waals surface area contributed by atoms with Crippen molar-refractivity contribution in [1.82, 2.24) is 0 Å². The maximum absolute atomic E-state index is 9.43. The lowest BCUT2D eigenvalue weighted by Gasteiger charge is -2.40. The number of aliphatic hydroxyl groups excluding tert-OH is 2. The van der Waals surface area contributed by atoms with Gasteiger partial charge in [0.05, 0.1) is 0 Å². The van der Waals surface area contributed by atoms with E-state index in [0.29, 0.717) is 0 Å². The highest BCUT2D eigenvalue weighted by Crippen LogP contribution is 2.34. The van der Waals surface area contributed by atoms with Crippen molar-refractivity contribution in [3.8, 4) is 0 Å². The van der Waals surface area contributed by atoms with Crippen LogP contribution in [-0.4, -0.2) is 40.1 Å². The van der Waals surface area contributed by atoms with Gasteiger partial charge in [0.1, 0.15) is 0 Å². The van der Waals surface area contributed by atoms with Gasteiger partial charge in [-0.25, -0.2) is 0 Å². The topological polar surface area (TPSA) is 49.7 Å². The zero-order valence-corrected chi connectivity index (χ0v) is 16.1. The second-order valence-corrected chi connectivity index (χ2v) is 17.2. The van der Waals surface area contributed by atoms with E-state index in [-0.39, 0.29) is 24.0 Å². The van der Waals surface area contributed by atoms with E-state index < -0.39 is 16.6 Å². The van der Waals surface area contributed by atoms with Crippen LogP contribution in [0.2, 0.25) is 38.3 Å². The average Bonchev–Trinajstić information content (AvgIpc) is 2.12. The van der Waals surface area contributed by atoms with E-state index in [1.807, 2.05) is 0 Å². The summed E-state index contributed by atoms with van der Waals surface area (Å²) in [5.74, 6) is 0. The standard InChI is InChI=1S/C14H34O3Si2/c1-13(2,9-15)11-18(5,6)17-19(7,8)12-14(3,4)10-16/h15-16H,9-12H2,1-8H3. The fourth-order valence-electron chi connectivity index (χ4n) is 3.24. The molecule has 0 bridgehead atoms. The predicted molar refractivity (Wildman–Crippen MR) is 87.4 cm³/mol. The Kier molecular flexibility index (Phi) is 6.49. The van der Waals surface area contributed by atoms with Crippen LogP contribution < -0.4 is 0 Å². The molecule has 2 N–H and O–H groups in total. The van der Waals surface area contributed by atoms with E-state index in [2.05, 4.69) is 53.9 Å². The van der Waals surface area contributed by atoms with Crippen LogP contribution >= 0.6 is 0 Å². The van der Waals surface area contributed by atoms with Crippen molar-refractivity contribution < 1.29 is 14.3 Å². The maximum atomic E-state index is 9.43. The summed E-state index contributed by atoms with van der Waals surface area (Å²) >= 11 is 0. The van der Waals surface area contributed by atoms with E-state index in [9.17, 15) is 10.2 Å². The first-order valence-corrected chi connectivity index (χ1v) is 13.4. The van der Waals surface area contributed by atoms with E-state index in [0.717, 1.165) is 12.1 Å². The van der Waals surface area contributed by atoms with Crippen LogP contribution in [0.3, 0.4) is 0 Å². The van der Waals surface area contributed by atoms with Gasteiger partial charge >= 0.3 is 0 Å². The van der Waals surface area contributed by atoms with Crippen LogP contribution in [0, 0.1) is 10.8 Å². The molecular formula is C14H34O3Si2. The Hall–Kier alpha value is 0.314. The fourth-order valence-corrected chi connectivity index (χ4v) is 14.6. The molecule has 0 rings (SSSR count). The molecule has 19 heavy (non-hydrogen) atoms. The summed E-state index contributed by atoms with van der Waals surface area (Å²) in [6.07, 6.45) is 0. The van der Waals surface area contributed by atoms with Gasteiger partial charge in [0.2, 0.25) is 0 Å². The predicted octanol–water partition coefficient (Wildman–Crippen LogP) is 3.45. The van der Waals surface area contributed by atoms with Crippen molar-refractivity contribution in [3.05, 3.63) is 0 Å². The first-order chi connectivity index (χ1) is 8.24. The van der Waals surface area contributed by atoms with Gasteiger partial charge in [-0.3, -0.25) is 0 Å². The SMILES string of the molecule is CC(C)(CO)C[Si](C)(C)O[Si](C)(C)CC(C)(C)CO. The molecule has 0 atom stereocenters. The van der Waals surface area contributed by atoms with Gasteiger partial charge in [-0.1, -0.05) is 27.7 Å². The molecule has 0 aromatic heterocycles. The molecule has 0 saturated carbocycles. The van der Waals surface area contributed by atoms with Gasteiger partial charge in [0.15, 0.2) is 16.6 Å². The molecule has 0 spiro atoms. The van der Waals surface area contributed by atoms with Crippen molar-refractivity contribution in [1.29, 1.82) is 0 Å². The summed E-state index contributed by atoms with van der Waals surface area (Å²) in [6, 6.07) is 1.93. The Morgan fingerprint density at radius 3 is 1.21 bits per heavy atom. The molecule has 0 amide bonds. The minimum atomic E-state index is -1.79. The lowest BCUT2D eigenvalue weighted by molar-refractivity contribution is 0.168. The van der Waals surface area contributed by atoms with Gasteiger partial charge in [-0.05, 0) is 49.1 Å². The van der Waals surface area contributed by atoms with Crippen LogP contribution in [0.1, 0.15) is 27.7 Å². The van der Waals surface area contributed by atoms with Crippen molar-refractivity contribution in [3.63, 3.8) is 0 Å². The molecule has 0 radical (unpaired) electrons. The Bertz CT molecular complexity index is 258. The van der Waals surface area contributed by atoms with Crippen molar-refractivity contribution in [2.24, 2.45) is 10.8 Å².